The molecule has 1 saturated heterocycles. The summed E-state index contributed by atoms with van der Waals surface area (Å²) in [7, 11) is 0. The van der Waals surface area contributed by atoms with Gasteiger partial charge in [0.15, 0.2) is 0 Å². The van der Waals surface area contributed by atoms with Crippen molar-refractivity contribution in [1.82, 2.24) is 9.97 Å². The summed E-state index contributed by atoms with van der Waals surface area (Å²) in [4.78, 5) is 22.8. The lowest BCUT2D eigenvalue weighted by atomic mass is 10.1. The van der Waals surface area contributed by atoms with Crippen molar-refractivity contribution in [3.63, 3.8) is 0 Å². The average molecular weight is 297 g/mol. The second-order valence-electron chi connectivity index (χ2n) is 5.38. The summed E-state index contributed by atoms with van der Waals surface area (Å²) in [5, 5.41) is 2.78. The summed E-state index contributed by atoms with van der Waals surface area (Å²) in [5.41, 5.74) is 7.07. The van der Waals surface area contributed by atoms with Gasteiger partial charge in [-0.2, -0.15) is 0 Å². The van der Waals surface area contributed by atoms with Crippen LogP contribution < -0.4 is 16.0 Å². The van der Waals surface area contributed by atoms with Crippen LogP contribution in [-0.2, 0) is 0 Å². The fraction of sp³-hybridized carbons (Fsp3) is 0.312. The van der Waals surface area contributed by atoms with E-state index in [1.165, 1.54) is 25.5 Å². The third kappa shape index (κ3) is 3.33. The van der Waals surface area contributed by atoms with Gasteiger partial charge in [0.2, 0.25) is 0 Å². The fourth-order valence-corrected chi connectivity index (χ4v) is 2.50. The molecule has 6 heteroatoms. The van der Waals surface area contributed by atoms with Gasteiger partial charge in [0.1, 0.15) is 11.5 Å². The highest BCUT2D eigenvalue weighted by Crippen LogP contribution is 2.19. The number of nitrogens with zero attached hydrogens (tertiary/aromatic N) is 3. The van der Waals surface area contributed by atoms with Gasteiger partial charge in [-0.05, 0) is 43.5 Å². The number of hydrogen-bond acceptors (Lipinski definition) is 5. The predicted octanol–water partition coefficient (Wildman–Crippen LogP) is 2.30. The smallest absolute Gasteiger partial charge is 0.274 e. The molecule has 0 spiro atoms. The van der Waals surface area contributed by atoms with Crippen LogP contribution in [0.25, 0.3) is 0 Å². The lowest BCUT2D eigenvalue weighted by Gasteiger charge is -2.27. The van der Waals surface area contributed by atoms with E-state index in [9.17, 15) is 4.79 Å². The third-order valence-electron chi connectivity index (χ3n) is 3.70. The minimum Gasteiger partial charge on any atom is -0.397 e. The van der Waals surface area contributed by atoms with Crippen molar-refractivity contribution in [1.29, 1.82) is 0 Å². The molecule has 1 aliphatic heterocycles. The maximum atomic E-state index is 12.1. The second-order valence-corrected chi connectivity index (χ2v) is 5.38. The molecule has 6 nitrogen and oxygen atoms in total. The summed E-state index contributed by atoms with van der Waals surface area (Å²) in [6, 6.07) is 7.06. The quantitative estimate of drug-likeness (QED) is 0.908. The Labute approximate surface area is 129 Å². The van der Waals surface area contributed by atoms with Gasteiger partial charge in [-0.25, -0.2) is 9.97 Å². The number of rotatable bonds is 3. The average Bonchev–Trinajstić information content (AvgIpc) is 2.57. The van der Waals surface area contributed by atoms with Gasteiger partial charge in [-0.3, -0.25) is 4.79 Å². The van der Waals surface area contributed by atoms with E-state index in [4.69, 9.17) is 5.73 Å². The van der Waals surface area contributed by atoms with Crippen LogP contribution in [0.4, 0.5) is 17.2 Å². The van der Waals surface area contributed by atoms with Crippen molar-refractivity contribution < 1.29 is 4.79 Å². The maximum absolute atomic E-state index is 12.1. The van der Waals surface area contributed by atoms with Gasteiger partial charge in [-0.1, -0.05) is 0 Å². The zero-order chi connectivity index (χ0) is 15.4. The Morgan fingerprint density at radius 1 is 1.05 bits per heavy atom. The third-order valence-corrected chi connectivity index (χ3v) is 3.70. The summed E-state index contributed by atoms with van der Waals surface area (Å²) in [5.74, 6) is 0.691. The molecule has 3 rings (SSSR count). The molecule has 114 valence electrons. The molecule has 0 aromatic carbocycles. The van der Waals surface area contributed by atoms with Gasteiger partial charge >= 0.3 is 0 Å². The molecule has 3 heterocycles. The van der Waals surface area contributed by atoms with Crippen LogP contribution in [0, 0.1) is 0 Å². The largest absolute Gasteiger partial charge is 0.397 e. The molecular weight excluding hydrogens is 278 g/mol. The zero-order valence-electron chi connectivity index (χ0n) is 12.3. The number of carbonyl (C=O) groups excluding carboxylic acids is 1. The minimum absolute atomic E-state index is 0.271. The number of hydrogen-bond donors (Lipinski definition) is 2. The molecule has 1 fully saturated rings. The Bertz CT molecular complexity index is 633. The van der Waals surface area contributed by atoms with Gasteiger partial charge in [-0.15, -0.1) is 0 Å². The first kappa shape index (κ1) is 14.3. The van der Waals surface area contributed by atoms with Crippen molar-refractivity contribution >= 4 is 23.1 Å². The highest BCUT2D eigenvalue weighted by Gasteiger charge is 2.12. The lowest BCUT2D eigenvalue weighted by Crippen LogP contribution is -2.30. The summed E-state index contributed by atoms with van der Waals surface area (Å²) < 4.78 is 0. The second kappa shape index (κ2) is 6.43. The highest BCUT2D eigenvalue weighted by molar-refractivity contribution is 6.02. The van der Waals surface area contributed by atoms with E-state index in [0.717, 1.165) is 18.9 Å². The van der Waals surface area contributed by atoms with Crippen LogP contribution in [0.2, 0.25) is 0 Å². The maximum Gasteiger partial charge on any atom is 0.274 e. The Morgan fingerprint density at radius 3 is 2.50 bits per heavy atom. The minimum atomic E-state index is -0.271. The van der Waals surface area contributed by atoms with Crippen LogP contribution in [0.5, 0.6) is 0 Å². The Kier molecular flexibility index (Phi) is 4.18. The standard InChI is InChI=1S/C16H19N5O/c17-12-4-6-14(18-10-12)16(22)20-13-5-7-15(19-11-13)21-8-2-1-3-9-21/h4-7,10-11H,1-3,8-9,17H2,(H,20,22). The van der Waals surface area contributed by atoms with E-state index in [0.29, 0.717) is 17.1 Å². The van der Waals surface area contributed by atoms with E-state index in [2.05, 4.69) is 20.2 Å². The van der Waals surface area contributed by atoms with Crippen LogP contribution >= 0.6 is 0 Å². The fourth-order valence-electron chi connectivity index (χ4n) is 2.50. The van der Waals surface area contributed by atoms with Crippen LogP contribution in [0.15, 0.2) is 36.7 Å². The topological polar surface area (TPSA) is 84.1 Å². The van der Waals surface area contributed by atoms with E-state index < -0.39 is 0 Å². The molecule has 0 unspecified atom stereocenters. The van der Waals surface area contributed by atoms with Crippen molar-refractivity contribution in [2.75, 3.05) is 29.0 Å². The number of carbonyl (C=O) groups is 1. The first-order valence-electron chi connectivity index (χ1n) is 7.46. The number of nitrogen functional groups attached to an aromatic ring is 1. The molecular formula is C16H19N5O. The highest BCUT2D eigenvalue weighted by atomic mass is 16.1. The number of nitrogens with two attached hydrogens (primary N) is 1. The molecule has 2 aromatic heterocycles. The first-order valence-corrected chi connectivity index (χ1v) is 7.46. The Morgan fingerprint density at radius 2 is 1.86 bits per heavy atom. The molecule has 1 aliphatic rings. The molecule has 0 atom stereocenters. The molecule has 22 heavy (non-hydrogen) atoms. The van der Waals surface area contributed by atoms with E-state index in [1.54, 1.807) is 18.3 Å². The molecule has 0 radical (unpaired) electrons. The number of nitrogens with one attached hydrogen (secondary N) is 1. The lowest BCUT2D eigenvalue weighted by molar-refractivity contribution is 0.102. The van der Waals surface area contributed by atoms with Crippen LogP contribution in [0.1, 0.15) is 29.8 Å². The Balaban J connectivity index is 1.65. The molecule has 0 aliphatic carbocycles. The van der Waals surface area contributed by atoms with Gasteiger partial charge < -0.3 is 16.0 Å². The van der Waals surface area contributed by atoms with Crippen LogP contribution in [-0.4, -0.2) is 29.0 Å². The van der Waals surface area contributed by atoms with Gasteiger partial charge in [0.25, 0.3) is 5.91 Å². The van der Waals surface area contributed by atoms with E-state index >= 15 is 0 Å². The molecule has 1 amide bonds. The van der Waals surface area contributed by atoms with E-state index in [1.807, 2.05) is 12.1 Å². The summed E-state index contributed by atoms with van der Waals surface area (Å²) >= 11 is 0. The number of anilines is 3. The van der Waals surface area contributed by atoms with Crippen molar-refractivity contribution in [2.45, 2.75) is 19.3 Å². The molecule has 3 N–H and O–H groups in total. The zero-order valence-corrected chi connectivity index (χ0v) is 12.3. The molecule has 0 bridgehead atoms. The van der Waals surface area contributed by atoms with Gasteiger partial charge in [0.05, 0.1) is 23.8 Å². The van der Waals surface area contributed by atoms with Crippen molar-refractivity contribution in [2.24, 2.45) is 0 Å². The monoisotopic (exact) mass is 297 g/mol. The molecule has 0 saturated carbocycles. The molecule has 2 aromatic rings. The van der Waals surface area contributed by atoms with Gasteiger partial charge in [0, 0.05) is 13.1 Å². The summed E-state index contributed by atoms with van der Waals surface area (Å²) in [6.07, 6.45) is 6.86. The first-order chi connectivity index (χ1) is 10.7. The number of pyridine rings is 2. The van der Waals surface area contributed by atoms with E-state index in [-0.39, 0.29) is 5.91 Å². The summed E-state index contributed by atoms with van der Waals surface area (Å²) in [6.45, 7) is 2.10. The van der Waals surface area contributed by atoms with Crippen LogP contribution in [0.3, 0.4) is 0 Å². The normalized spacial score (nSPS) is 14.6. The number of amides is 1. The number of aromatic nitrogens is 2. The van der Waals surface area contributed by atoms with Crippen molar-refractivity contribution in [3.05, 3.63) is 42.4 Å². The SMILES string of the molecule is Nc1ccc(C(=O)Nc2ccc(N3CCCCC3)nc2)nc1. The Hall–Kier alpha value is -2.63. The van der Waals surface area contributed by atoms with Crippen molar-refractivity contribution in [3.8, 4) is 0 Å². The predicted molar refractivity (Wildman–Crippen MR) is 86.9 cm³/mol. The number of piperidine rings is 1.